The van der Waals surface area contributed by atoms with E-state index in [1.807, 2.05) is 12.1 Å². The molecular formula is C13H20N4O. The molecule has 1 saturated heterocycles. The summed E-state index contributed by atoms with van der Waals surface area (Å²) in [5, 5.41) is 0. The number of piperidine rings is 1. The van der Waals surface area contributed by atoms with Crippen molar-refractivity contribution in [3.8, 4) is 0 Å². The second kappa shape index (κ2) is 5.82. The zero-order valence-electron chi connectivity index (χ0n) is 10.5. The van der Waals surface area contributed by atoms with E-state index in [9.17, 15) is 4.79 Å². The van der Waals surface area contributed by atoms with Crippen LogP contribution in [0.25, 0.3) is 0 Å². The highest BCUT2D eigenvalue weighted by molar-refractivity contribution is 5.74. The Balaban J connectivity index is 1.94. The molecule has 1 aromatic heterocycles. The first kappa shape index (κ1) is 12.8. The first-order valence-corrected chi connectivity index (χ1v) is 6.37. The van der Waals surface area contributed by atoms with E-state index in [1.165, 1.54) is 5.69 Å². The highest BCUT2D eigenvalue weighted by atomic mass is 16.1. The van der Waals surface area contributed by atoms with Gasteiger partial charge in [-0.15, -0.1) is 0 Å². The first-order valence-electron chi connectivity index (χ1n) is 6.37. The summed E-state index contributed by atoms with van der Waals surface area (Å²) >= 11 is 0. The fraction of sp³-hybridized carbons (Fsp3) is 0.538. The lowest BCUT2D eigenvalue weighted by Gasteiger charge is -2.33. The third-order valence-corrected chi connectivity index (χ3v) is 3.48. The molecule has 1 fully saturated rings. The summed E-state index contributed by atoms with van der Waals surface area (Å²) in [4.78, 5) is 17.4. The Labute approximate surface area is 107 Å². The summed E-state index contributed by atoms with van der Waals surface area (Å²) < 4.78 is 0. The fourth-order valence-electron chi connectivity index (χ4n) is 2.45. The molecule has 1 aliphatic rings. The van der Waals surface area contributed by atoms with Gasteiger partial charge in [0.1, 0.15) is 0 Å². The Morgan fingerprint density at radius 3 is 2.78 bits per heavy atom. The van der Waals surface area contributed by atoms with Crippen LogP contribution >= 0.6 is 0 Å². The molecule has 0 bridgehead atoms. The van der Waals surface area contributed by atoms with Crippen molar-refractivity contribution < 1.29 is 4.79 Å². The molecule has 1 amide bonds. The number of hydrogen-bond acceptors (Lipinski definition) is 4. The molecule has 0 aliphatic carbocycles. The second-order valence-electron chi connectivity index (χ2n) is 4.81. The first-order chi connectivity index (χ1) is 8.69. The van der Waals surface area contributed by atoms with E-state index in [0.717, 1.165) is 31.6 Å². The van der Waals surface area contributed by atoms with Gasteiger partial charge >= 0.3 is 0 Å². The summed E-state index contributed by atoms with van der Waals surface area (Å²) in [7, 11) is 0. The molecule has 18 heavy (non-hydrogen) atoms. The Kier molecular flexibility index (Phi) is 4.15. The van der Waals surface area contributed by atoms with Crippen LogP contribution < -0.4 is 16.4 Å². The predicted octanol–water partition coefficient (Wildman–Crippen LogP) is 0.632. The molecule has 0 saturated carbocycles. The maximum Gasteiger partial charge on any atom is 0.217 e. The number of amides is 1. The molecule has 0 unspecified atom stereocenters. The average molecular weight is 248 g/mol. The third kappa shape index (κ3) is 3.20. The maximum absolute atomic E-state index is 10.9. The Bertz CT molecular complexity index is 413. The van der Waals surface area contributed by atoms with Crippen LogP contribution in [-0.4, -0.2) is 24.0 Å². The maximum atomic E-state index is 10.9. The number of pyridine rings is 1. The molecule has 5 nitrogen and oxygen atoms in total. The van der Waals surface area contributed by atoms with Gasteiger partial charge in [0.15, 0.2) is 0 Å². The second-order valence-corrected chi connectivity index (χ2v) is 4.81. The lowest BCUT2D eigenvalue weighted by molar-refractivity contribution is -0.119. The topological polar surface area (TPSA) is 85.2 Å². The van der Waals surface area contributed by atoms with E-state index in [0.29, 0.717) is 18.9 Å². The Morgan fingerprint density at radius 2 is 2.17 bits per heavy atom. The van der Waals surface area contributed by atoms with Gasteiger partial charge in [0.05, 0.1) is 5.69 Å². The summed E-state index contributed by atoms with van der Waals surface area (Å²) in [5.41, 5.74) is 12.9. The van der Waals surface area contributed by atoms with Crippen LogP contribution in [0.3, 0.4) is 0 Å². The molecule has 2 heterocycles. The highest BCUT2D eigenvalue weighted by Gasteiger charge is 2.20. The summed E-state index contributed by atoms with van der Waals surface area (Å²) in [6.45, 7) is 2.39. The van der Waals surface area contributed by atoms with Crippen LogP contribution in [0.4, 0.5) is 5.69 Å². The number of primary amides is 1. The minimum Gasteiger partial charge on any atom is -0.371 e. The summed E-state index contributed by atoms with van der Waals surface area (Å²) in [6, 6.07) is 4.04. The van der Waals surface area contributed by atoms with Gasteiger partial charge in [0, 0.05) is 37.9 Å². The van der Waals surface area contributed by atoms with Crippen molar-refractivity contribution in [2.24, 2.45) is 17.4 Å². The van der Waals surface area contributed by atoms with Gasteiger partial charge in [-0.25, -0.2) is 0 Å². The van der Waals surface area contributed by atoms with Gasteiger partial charge in [-0.3, -0.25) is 9.78 Å². The number of hydrogen-bond donors (Lipinski definition) is 2. The van der Waals surface area contributed by atoms with Crippen LogP contribution in [0.15, 0.2) is 18.3 Å². The van der Waals surface area contributed by atoms with Crippen LogP contribution in [0.1, 0.15) is 25.0 Å². The van der Waals surface area contributed by atoms with E-state index >= 15 is 0 Å². The molecule has 0 aromatic carbocycles. The normalized spacial score (nSPS) is 16.8. The molecule has 4 N–H and O–H groups in total. The third-order valence-electron chi connectivity index (χ3n) is 3.48. The van der Waals surface area contributed by atoms with Crippen molar-refractivity contribution >= 4 is 11.6 Å². The van der Waals surface area contributed by atoms with E-state index < -0.39 is 0 Å². The smallest absolute Gasteiger partial charge is 0.217 e. The van der Waals surface area contributed by atoms with Gasteiger partial charge in [0.25, 0.3) is 0 Å². The number of carbonyl (C=O) groups excluding carboxylic acids is 1. The number of nitrogens with two attached hydrogens (primary N) is 2. The van der Waals surface area contributed by atoms with E-state index in [2.05, 4.69) is 9.88 Å². The van der Waals surface area contributed by atoms with Crippen molar-refractivity contribution in [3.05, 3.63) is 24.0 Å². The van der Waals surface area contributed by atoms with Crippen molar-refractivity contribution in [2.75, 3.05) is 18.0 Å². The molecule has 1 aliphatic heterocycles. The zero-order valence-corrected chi connectivity index (χ0v) is 10.5. The standard InChI is InChI=1S/C13H20N4O/c14-9-11-8-12(1-4-16-11)17-5-2-10(3-6-17)7-13(15)18/h1,4,8,10H,2-3,5-7,9,14H2,(H2,15,18). The van der Waals surface area contributed by atoms with Crippen LogP contribution in [0.2, 0.25) is 0 Å². The minimum absolute atomic E-state index is 0.192. The molecule has 0 atom stereocenters. The monoisotopic (exact) mass is 248 g/mol. The van der Waals surface area contributed by atoms with Gasteiger partial charge < -0.3 is 16.4 Å². The molecule has 98 valence electrons. The van der Waals surface area contributed by atoms with Gasteiger partial charge in [-0.05, 0) is 30.9 Å². The van der Waals surface area contributed by atoms with Crippen LogP contribution in [0, 0.1) is 5.92 Å². The van der Waals surface area contributed by atoms with Gasteiger partial charge in [-0.2, -0.15) is 0 Å². The number of rotatable bonds is 4. The zero-order chi connectivity index (χ0) is 13.0. The van der Waals surface area contributed by atoms with E-state index in [1.54, 1.807) is 6.20 Å². The number of aromatic nitrogens is 1. The number of nitrogens with zero attached hydrogens (tertiary/aromatic N) is 2. The average Bonchev–Trinajstić information content (AvgIpc) is 2.39. The summed E-state index contributed by atoms with van der Waals surface area (Å²) in [6.07, 6.45) is 4.34. The van der Waals surface area contributed by atoms with Crippen LogP contribution in [-0.2, 0) is 11.3 Å². The molecule has 1 aromatic rings. The quantitative estimate of drug-likeness (QED) is 0.818. The van der Waals surface area contributed by atoms with Crippen molar-refractivity contribution in [1.82, 2.24) is 4.98 Å². The Hall–Kier alpha value is -1.62. The molecule has 0 spiro atoms. The largest absolute Gasteiger partial charge is 0.371 e. The molecule has 5 heteroatoms. The van der Waals surface area contributed by atoms with Crippen molar-refractivity contribution in [2.45, 2.75) is 25.8 Å². The van der Waals surface area contributed by atoms with E-state index in [4.69, 9.17) is 11.5 Å². The van der Waals surface area contributed by atoms with Crippen LogP contribution in [0.5, 0.6) is 0 Å². The fourth-order valence-corrected chi connectivity index (χ4v) is 2.45. The van der Waals surface area contributed by atoms with Gasteiger partial charge in [0.2, 0.25) is 5.91 Å². The molecule has 0 radical (unpaired) electrons. The van der Waals surface area contributed by atoms with Crippen molar-refractivity contribution in [3.63, 3.8) is 0 Å². The summed E-state index contributed by atoms with van der Waals surface area (Å²) in [5.74, 6) is 0.248. The highest BCUT2D eigenvalue weighted by Crippen LogP contribution is 2.25. The predicted molar refractivity (Wildman–Crippen MR) is 70.9 cm³/mol. The SMILES string of the molecule is NCc1cc(N2CCC(CC(N)=O)CC2)ccn1. The van der Waals surface area contributed by atoms with Gasteiger partial charge in [-0.1, -0.05) is 0 Å². The lowest BCUT2D eigenvalue weighted by Crippen LogP contribution is -2.35. The number of anilines is 1. The van der Waals surface area contributed by atoms with E-state index in [-0.39, 0.29) is 5.91 Å². The lowest BCUT2D eigenvalue weighted by atomic mass is 9.93. The molecular weight excluding hydrogens is 228 g/mol. The molecule has 2 rings (SSSR count). The van der Waals surface area contributed by atoms with Crippen molar-refractivity contribution in [1.29, 1.82) is 0 Å². The Morgan fingerprint density at radius 1 is 1.44 bits per heavy atom. The minimum atomic E-state index is -0.192. The number of carbonyl (C=O) groups is 1.